The molecule has 2 N–H and O–H groups in total. The summed E-state index contributed by atoms with van der Waals surface area (Å²) < 4.78 is 24.5. The molecule has 0 saturated carbocycles. The third-order valence-corrected chi connectivity index (χ3v) is 3.97. The Hall–Kier alpha value is -2.76. The van der Waals surface area contributed by atoms with Crippen LogP contribution >= 0.6 is 0 Å². The minimum absolute atomic E-state index is 0.392. The van der Waals surface area contributed by atoms with Gasteiger partial charge in [0.1, 0.15) is 17.3 Å². The normalized spacial score (nSPS) is 14.5. The van der Waals surface area contributed by atoms with E-state index in [4.69, 9.17) is 9.47 Å². The van der Waals surface area contributed by atoms with E-state index in [0.29, 0.717) is 30.3 Å². The van der Waals surface area contributed by atoms with Crippen molar-refractivity contribution in [1.82, 2.24) is 0 Å². The second-order valence-corrected chi connectivity index (χ2v) is 5.50. The van der Waals surface area contributed by atoms with Crippen LogP contribution in [-0.4, -0.2) is 19.2 Å². The molecule has 0 atom stereocenters. The van der Waals surface area contributed by atoms with Gasteiger partial charge in [-0.1, -0.05) is 6.07 Å². The van der Waals surface area contributed by atoms with Crippen LogP contribution in [0.15, 0.2) is 30.3 Å². The number of nitrogens with one attached hydrogen (secondary N) is 2. The average molecular weight is 314 g/mol. The molecular weight excluding hydrogens is 299 g/mol. The summed E-state index contributed by atoms with van der Waals surface area (Å²) in [7, 11) is 0. The second-order valence-electron chi connectivity index (χ2n) is 5.50. The van der Waals surface area contributed by atoms with Crippen molar-refractivity contribution >= 4 is 17.4 Å². The van der Waals surface area contributed by atoms with Gasteiger partial charge in [0.25, 0.3) is 0 Å². The number of amides is 2. The zero-order valence-corrected chi connectivity index (χ0v) is 12.3. The number of hydrogen-bond acceptors (Lipinski definition) is 3. The van der Waals surface area contributed by atoms with E-state index in [-0.39, 0.29) is 0 Å². The lowest BCUT2D eigenvalue weighted by molar-refractivity contribution is 0.262. The van der Waals surface area contributed by atoms with E-state index in [0.717, 1.165) is 29.7 Å². The van der Waals surface area contributed by atoms with Gasteiger partial charge in [-0.3, -0.25) is 0 Å². The number of fused-ring (bicyclic) bond motifs is 2. The topological polar surface area (TPSA) is 59.6 Å². The molecule has 2 aromatic carbocycles. The van der Waals surface area contributed by atoms with Gasteiger partial charge in [-0.05, 0) is 24.3 Å². The van der Waals surface area contributed by atoms with Crippen molar-refractivity contribution < 1.29 is 18.7 Å². The summed E-state index contributed by atoms with van der Waals surface area (Å²) in [6.07, 6.45) is 1.52. The molecule has 23 heavy (non-hydrogen) atoms. The fourth-order valence-corrected chi connectivity index (χ4v) is 2.96. The third kappa shape index (κ3) is 2.56. The molecule has 0 radical (unpaired) electrons. The number of urea groups is 1. The maximum absolute atomic E-state index is 13.2. The van der Waals surface area contributed by atoms with Gasteiger partial charge in [0.2, 0.25) is 0 Å². The van der Waals surface area contributed by atoms with Crippen molar-refractivity contribution in [2.75, 3.05) is 23.8 Å². The van der Waals surface area contributed by atoms with E-state index in [9.17, 15) is 9.18 Å². The van der Waals surface area contributed by atoms with Crippen LogP contribution in [0.2, 0.25) is 0 Å². The molecule has 4 rings (SSSR count). The number of benzene rings is 2. The molecule has 0 fully saturated rings. The number of anilines is 2. The van der Waals surface area contributed by atoms with Crippen molar-refractivity contribution in [1.29, 1.82) is 0 Å². The first kappa shape index (κ1) is 13.9. The first-order valence-corrected chi connectivity index (χ1v) is 7.48. The molecule has 118 valence electrons. The molecule has 0 spiro atoms. The summed E-state index contributed by atoms with van der Waals surface area (Å²) in [5, 5.41) is 5.46. The smallest absolute Gasteiger partial charge is 0.323 e. The molecule has 2 aromatic rings. The van der Waals surface area contributed by atoms with Crippen molar-refractivity contribution in [3.63, 3.8) is 0 Å². The highest BCUT2D eigenvalue weighted by molar-refractivity contribution is 6.02. The summed E-state index contributed by atoms with van der Waals surface area (Å²) in [6, 6.07) is 7.31. The van der Waals surface area contributed by atoms with E-state index in [1.807, 2.05) is 6.07 Å². The minimum Gasteiger partial charge on any atom is -0.493 e. The molecule has 0 unspecified atom stereocenters. The maximum atomic E-state index is 13.2. The summed E-state index contributed by atoms with van der Waals surface area (Å²) in [5.41, 5.74) is 3.03. The molecule has 0 saturated heterocycles. The minimum atomic E-state index is -0.436. The standard InChI is InChI=1S/C17H15FN2O3/c18-11-2-1-3-12(9-11)19-17(21)20-15-13-5-7-22-14(13)8-10-4-6-23-16(10)15/h1-3,8-9H,4-7H2,(H2,19,20,21). The first-order valence-electron chi connectivity index (χ1n) is 7.48. The van der Waals surface area contributed by atoms with Gasteiger partial charge in [0.15, 0.2) is 0 Å². The van der Waals surface area contributed by atoms with E-state index in [1.54, 1.807) is 12.1 Å². The van der Waals surface area contributed by atoms with E-state index in [2.05, 4.69) is 10.6 Å². The number of carbonyl (C=O) groups excluding carboxylic acids is 1. The molecule has 6 heteroatoms. The highest BCUT2D eigenvalue weighted by Crippen LogP contribution is 2.44. The van der Waals surface area contributed by atoms with Crippen molar-refractivity contribution in [2.45, 2.75) is 12.8 Å². The highest BCUT2D eigenvalue weighted by Gasteiger charge is 2.27. The molecule has 5 nitrogen and oxygen atoms in total. The Morgan fingerprint density at radius 1 is 1.09 bits per heavy atom. The monoisotopic (exact) mass is 314 g/mol. The zero-order chi connectivity index (χ0) is 15.8. The van der Waals surface area contributed by atoms with Gasteiger partial charge in [-0.15, -0.1) is 0 Å². The molecule has 0 aliphatic carbocycles. The van der Waals surface area contributed by atoms with Gasteiger partial charge in [-0.2, -0.15) is 0 Å². The Kier molecular flexibility index (Phi) is 3.29. The Morgan fingerprint density at radius 2 is 1.96 bits per heavy atom. The number of ether oxygens (including phenoxy) is 2. The SMILES string of the molecule is O=C(Nc1cccc(F)c1)Nc1c2c(cc3c1OCC3)OCC2. The lowest BCUT2D eigenvalue weighted by Crippen LogP contribution is -2.20. The summed E-state index contributed by atoms with van der Waals surface area (Å²) in [6.45, 7) is 1.19. The molecule has 0 bridgehead atoms. The molecular formula is C17H15FN2O3. The number of rotatable bonds is 2. The van der Waals surface area contributed by atoms with Crippen LogP contribution in [-0.2, 0) is 12.8 Å². The maximum Gasteiger partial charge on any atom is 0.323 e. The predicted octanol–water partition coefficient (Wildman–Crippen LogP) is 3.34. The number of hydrogen-bond donors (Lipinski definition) is 2. The highest BCUT2D eigenvalue weighted by atomic mass is 19.1. The second kappa shape index (κ2) is 5.46. The van der Waals surface area contributed by atoms with E-state index in [1.165, 1.54) is 12.1 Å². The Labute approximate surface area is 132 Å². The summed E-state index contributed by atoms with van der Waals surface area (Å²) in [5.74, 6) is 1.11. The molecule has 2 aliphatic rings. The Morgan fingerprint density at radius 3 is 2.83 bits per heavy atom. The first-order chi connectivity index (χ1) is 11.2. The fourth-order valence-electron chi connectivity index (χ4n) is 2.96. The van der Waals surface area contributed by atoms with Crippen LogP contribution < -0.4 is 20.1 Å². The van der Waals surface area contributed by atoms with Crippen LogP contribution in [0.3, 0.4) is 0 Å². The predicted molar refractivity (Wildman–Crippen MR) is 83.9 cm³/mol. The summed E-state index contributed by atoms with van der Waals surface area (Å²) in [4.78, 5) is 12.3. The molecule has 2 aliphatic heterocycles. The van der Waals surface area contributed by atoms with Crippen LogP contribution in [0.4, 0.5) is 20.6 Å². The van der Waals surface area contributed by atoms with Gasteiger partial charge < -0.3 is 20.1 Å². The van der Waals surface area contributed by atoms with Crippen LogP contribution in [0, 0.1) is 5.82 Å². The lowest BCUT2D eigenvalue weighted by atomic mass is 10.0. The van der Waals surface area contributed by atoms with Crippen LogP contribution in [0.25, 0.3) is 0 Å². The van der Waals surface area contributed by atoms with E-state index >= 15 is 0 Å². The summed E-state index contributed by atoms with van der Waals surface area (Å²) >= 11 is 0. The lowest BCUT2D eigenvalue weighted by Gasteiger charge is -2.14. The van der Waals surface area contributed by atoms with Gasteiger partial charge in [0, 0.05) is 29.7 Å². The molecule has 0 aromatic heterocycles. The number of carbonyl (C=O) groups is 1. The third-order valence-electron chi connectivity index (χ3n) is 3.97. The average Bonchev–Trinajstić information content (AvgIpc) is 3.15. The van der Waals surface area contributed by atoms with Gasteiger partial charge >= 0.3 is 6.03 Å². The van der Waals surface area contributed by atoms with E-state index < -0.39 is 11.8 Å². The molecule has 2 heterocycles. The Balaban J connectivity index is 1.60. The Bertz CT molecular complexity index is 759. The van der Waals surface area contributed by atoms with Crippen LogP contribution in [0.5, 0.6) is 11.5 Å². The van der Waals surface area contributed by atoms with Crippen molar-refractivity contribution in [3.8, 4) is 11.5 Å². The van der Waals surface area contributed by atoms with Crippen molar-refractivity contribution in [2.24, 2.45) is 0 Å². The van der Waals surface area contributed by atoms with Gasteiger partial charge in [0.05, 0.1) is 18.9 Å². The fraction of sp³-hybridized carbons (Fsp3) is 0.235. The number of halogens is 1. The molecule has 2 amide bonds. The largest absolute Gasteiger partial charge is 0.493 e. The van der Waals surface area contributed by atoms with Crippen LogP contribution in [0.1, 0.15) is 11.1 Å². The quantitative estimate of drug-likeness (QED) is 0.894. The van der Waals surface area contributed by atoms with Crippen molar-refractivity contribution in [3.05, 3.63) is 47.3 Å². The van der Waals surface area contributed by atoms with Gasteiger partial charge in [-0.25, -0.2) is 9.18 Å². The zero-order valence-electron chi connectivity index (χ0n) is 12.3.